The lowest BCUT2D eigenvalue weighted by molar-refractivity contribution is 0.192. The van der Waals surface area contributed by atoms with E-state index in [0.717, 1.165) is 76.5 Å². The number of benzene rings is 1. The van der Waals surface area contributed by atoms with Crippen molar-refractivity contribution in [3.05, 3.63) is 47.3 Å². The minimum absolute atomic E-state index is 0. The summed E-state index contributed by atoms with van der Waals surface area (Å²) in [7, 11) is 0. The molecular formula is C21H32ClFIN7. The fraction of sp³-hybridized carbons (Fsp3) is 0.571. The maximum Gasteiger partial charge on any atom is 0.191 e. The summed E-state index contributed by atoms with van der Waals surface area (Å²) < 4.78 is 15.3. The number of piperidine rings is 1. The highest BCUT2D eigenvalue weighted by atomic mass is 127. The molecule has 1 aromatic heterocycles. The molecule has 0 aliphatic carbocycles. The van der Waals surface area contributed by atoms with Gasteiger partial charge < -0.3 is 15.2 Å². The monoisotopic (exact) mass is 563 g/mol. The number of likely N-dealkylation sites (tertiary alicyclic amines) is 1. The van der Waals surface area contributed by atoms with Gasteiger partial charge in [0, 0.05) is 43.8 Å². The molecule has 31 heavy (non-hydrogen) atoms. The van der Waals surface area contributed by atoms with E-state index in [-0.39, 0.29) is 29.8 Å². The Morgan fingerprint density at radius 1 is 1.29 bits per heavy atom. The molecule has 7 nitrogen and oxygen atoms in total. The number of aliphatic imine (C=N–C) groups is 1. The lowest BCUT2D eigenvalue weighted by Crippen LogP contribution is -2.51. The Labute approximate surface area is 205 Å². The molecule has 2 aromatic rings. The summed E-state index contributed by atoms with van der Waals surface area (Å²) in [6, 6.07) is 4.96. The largest absolute Gasteiger partial charge is 0.357 e. The number of unbranched alkanes of at least 4 members (excludes halogenated alkanes) is 1. The third-order valence-electron chi connectivity index (χ3n) is 5.16. The molecule has 1 saturated heterocycles. The van der Waals surface area contributed by atoms with Gasteiger partial charge in [-0.3, -0.25) is 9.89 Å². The molecule has 3 rings (SSSR count). The molecule has 0 radical (unpaired) electrons. The molecule has 0 bridgehead atoms. The third kappa shape index (κ3) is 8.89. The first-order valence-electron chi connectivity index (χ1n) is 10.7. The van der Waals surface area contributed by atoms with Crippen LogP contribution in [0.1, 0.15) is 38.2 Å². The molecule has 2 N–H and O–H groups in total. The molecule has 10 heteroatoms. The van der Waals surface area contributed by atoms with Crippen LogP contribution in [-0.2, 0) is 13.1 Å². The zero-order valence-corrected chi connectivity index (χ0v) is 21.0. The molecule has 1 fully saturated rings. The van der Waals surface area contributed by atoms with Gasteiger partial charge in [-0.1, -0.05) is 17.7 Å². The van der Waals surface area contributed by atoms with Gasteiger partial charge in [0.2, 0.25) is 0 Å². The molecular weight excluding hydrogens is 532 g/mol. The van der Waals surface area contributed by atoms with E-state index in [4.69, 9.17) is 16.6 Å². The topological polar surface area (TPSA) is 70.4 Å². The Bertz CT molecular complexity index is 803. The van der Waals surface area contributed by atoms with Crippen LogP contribution in [0.2, 0.25) is 5.02 Å². The van der Waals surface area contributed by atoms with Crippen molar-refractivity contribution >= 4 is 41.5 Å². The minimum atomic E-state index is -0.296. The van der Waals surface area contributed by atoms with Crippen LogP contribution in [0.25, 0.3) is 0 Å². The van der Waals surface area contributed by atoms with Crippen molar-refractivity contribution in [2.24, 2.45) is 4.99 Å². The summed E-state index contributed by atoms with van der Waals surface area (Å²) in [6.07, 6.45) is 7.73. The molecule has 0 saturated carbocycles. The SMILES string of the molecule is CCNC(=NCCCCn1cnnc1)NC1CCCN(Cc2ccc(F)cc2Cl)C1.I. The van der Waals surface area contributed by atoms with Crippen molar-refractivity contribution in [3.8, 4) is 0 Å². The van der Waals surface area contributed by atoms with Crippen LogP contribution in [0.4, 0.5) is 4.39 Å². The maximum atomic E-state index is 13.3. The van der Waals surface area contributed by atoms with Crippen LogP contribution in [0, 0.1) is 5.82 Å². The summed E-state index contributed by atoms with van der Waals surface area (Å²) in [5.74, 6) is 0.573. The van der Waals surface area contributed by atoms with Gasteiger partial charge in [0.05, 0.1) is 0 Å². The number of nitrogens with one attached hydrogen (secondary N) is 2. The number of guanidine groups is 1. The van der Waals surface area contributed by atoms with Crippen molar-refractivity contribution in [1.82, 2.24) is 30.3 Å². The number of aromatic nitrogens is 3. The van der Waals surface area contributed by atoms with E-state index in [1.807, 2.05) is 4.57 Å². The summed E-state index contributed by atoms with van der Waals surface area (Å²) in [4.78, 5) is 7.10. The predicted molar refractivity (Wildman–Crippen MR) is 133 cm³/mol. The molecule has 1 aromatic carbocycles. The Morgan fingerprint density at radius 2 is 2.10 bits per heavy atom. The van der Waals surface area contributed by atoms with Crippen molar-refractivity contribution < 1.29 is 4.39 Å². The van der Waals surface area contributed by atoms with Gasteiger partial charge in [0.1, 0.15) is 18.5 Å². The van der Waals surface area contributed by atoms with Gasteiger partial charge in [-0.05, 0) is 56.8 Å². The molecule has 1 aliphatic heterocycles. The molecule has 0 amide bonds. The maximum absolute atomic E-state index is 13.3. The van der Waals surface area contributed by atoms with Crippen molar-refractivity contribution in [3.63, 3.8) is 0 Å². The number of rotatable bonds is 9. The quantitative estimate of drug-likeness (QED) is 0.211. The average Bonchev–Trinajstić information content (AvgIpc) is 3.24. The molecule has 1 aliphatic rings. The highest BCUT2D eigenvalue weighted by Gasteiger charge is 2.21. The summed E-state index contributed by atoms with van der Waals surface area (Å²) >= 11 is 6.21. The first-order chi connectivity index (χ1) is 14.6. The lowest BCUT2D eigenvalue weighted by atomic mass is 10.0. The van der Waals surface area contributed by atoms with Gasteiger partial charge in [0.15, 0.2) is 5.96 Å². The van der Waals surface area contributed by atoms with Gasteiger partial charge in [-0.15, -0.1) is 34.2 Å². The van der Waals surface area contributed by atoms with E-state index >= 15 is 0 Å². The van der Waals surface area contributed by atoms with E-state index in [1.165, 1.54) is 12.1 Å². The average molecular weight is 564 g/mol. The standard InChI is InChI=1S/C21H31ClFN7.HI/c1-2-24-21(25-9-3-4-10-30-15-26-27-16-30)28-19-6-5-11-29(14-19)13-17-7-8-18(23)12-20(17)22;/h7-8,12,15-16,19H,2-6,9-11,13-14H2,1H3,(H2,24,25,28);1H. The van der Waals surface area contributed by atoms with Crippen molar-refractivity contribution in [2.75, 3.05) is 26.2 Å². The number of aryl methyl sites for hydroxylation is 1. The normalized spacial score (nSPS) is 17.3. The second kappa shape index (κ2) is 13.8. The molecule has 172 valence electrons. The van der Waals surface area contributed by atoms with Crippen molar-refractivity contribution in [2.45, 2.75) is 51.7 Å². The van der Waals surface area contributed by atoms with Gasteiger partial charge in [-0.25, -0.2) is 4.39 Å². The van der Waals surface area contributed by atoms with E-state index in [2.05, 4.69) is 32.7 Å². The second-order valence-electron chi connectivity index (χ2n) is 7.62. The minimum Gasteiger partial charge on any atom is -0.357 e. The smallest absolute Gasteiger partial charge is 0.191 e. The Hall–Kier alpha value is -1.46. The van der Waals surface area contributed by atoms with Crippen LogP contribution in [-0.4, -0.2) is 57.8 Å². The van der Waals surface area contributed by atoms with Crippen LogP contribution in [0.5, 0.6) is 0 Å². The summed E-state index contributed by atoms with van der Waals surface area (Å²) in [6.45, 7) is 7.25. The first kappa shape index (κ1) is 25.8. The number of hydrogen-bond acceptors (Lipinski definition) is 4. The second-order valence-corrected chi connectivity index (χ2v) is 8.03. The van der Waals surface area contributed by atoms with E-state index in [9.17, 15) is 4.39 Å². The van der Waals surface area contributed by atoms with Crippen LogP contribution in [0.3, 0.4) is 0 Å². The van der Waals surface area contributed by atoms with Crippen LogP contribution in [0.15, 0.2) is 35.8 Å². The molecule has 1 atom stereocenters. The fourth-order valence-corrected chi connectivity index (χ4v) is 3.88. The first-order valence-corrected chi connectivity index (χ1v) is 11.1. The van der Waals surface area contributed by atoms with E-state index in [1.54, 1.807) is 18.7 Å². The fourth-order valence-electron chi connectivity index (χ4n) is 3.66. The number of halogens is 3. The molecule has 1 unspecified atom stereocenters. The Balaban J connectivity index is 0.00000341. The predicted octanol–water partition coefficient (Wildman–Crippen LogP) is 3.69. The van der Waals surface area contributed by atoms with Gasteiger partial charge >= 0.3 is 0 Å². The van der Waals surface area contributed by atoms with Crippen LogP contribution < -0.4 is 10.6 Å². The Morgan fingerprint density at radius 3 is 2.84 bits per heavy atom. The highest BCUT2D eigenvalue weighted by Crippen LogP contribution is 2.21. The van der Waals surface area contributed by atoms with E-state index < -0.39 is 0 Å². The Kier molecular flexibility index (Phi) is 11.5. The van der Waals surface area contributed by atoms with Gasteiger partial charge in [0.25, 0.3) is 0 Å². The third-order valence-corrected chi connectivity index (χ3v) is 5.51. The van der Waals surface area contributed by atoms with Gasteiger partial charge in [-0.2, -0.15) is 0 Å². The molecule has 2 heterocycles. The zero-order valence-electron chi connectivity index (χ0n) is 17.9. The highest BCUT2D eigenvalue weighted by molar-refractivity contribution is 14.0. The zero-order chi connectivity index (χ0) is 21.2. The lowest BCUT2D eigenvalue weighted by Gasteiger charge is -2.34. The number of nitrogens with zero attached hydrogens (tertiary/aromatic N) is 5. The van der Waals surface area contributed by atoms with Crippen LogP contribution >= 0.6 is 35.6 Å². The van der Waals surface area contributed by atoms with E-state index in [0.29, 0.717) is 11.1 Å². The number of hydrogen-bond donors (Lipinski definition) is 2. The summed E-state index contributed by atoms with van der Waals surface area (Å²) in [5.41, 5.74) is 0.965. The summed E-state index contributed by atoms with van der Waals surface area (Å²) in [5, 5.41) is 15.1. The molecule has 0 spiro atoms. The van der Waals surface area contributed by atoms with Crippen molar-refractivity contribution in [1.29, 1.82) is 0 Å².